The Hall–Kier alpha value is -1.46. The van der Waals surface area contributed by atoms with Gasteiger partial charge >= 0.3 is 0 Å². The van der Waals surface area contributed by atoms with Gasteiger partial charge in [-0.05, 0) is 56.5 Å². The number of ether oxygens (including phenoxy) is 1. The predicted octanol–water partition coefficient (Wildman–Crippen LogP) is 3.75. The summed E-state index contributed by atoms with van der Waals surface area (Å²) >= 11 is 0. The van der Waals surface area contributed by atoms with E-state index >= 15 is 0 Å². The summed E-state index contributed by atoms with van der Waals surface area (Å²) in [4.78, 5) is 4.46. The van der Waals surface area contributed by atoms with Gasteiger partial charge in [0.1, 0.15) is 0 Å². The van der Waals surface area contributed by atoms with Crippen molar-refractivity contribution in [2.75, 3.05) is 7.11 Å². The third kappa shape index (κ3) is 3.40. The summed E-state index contributed by atoms with van der Waals surface area (Å²) in [6.45, 7) is 5.97. The van der Waals surface area contributed by atoms with Crippen LogP contribution in [0.2, 0.25) is 0 Å². The molecular formula is C18H24N2O2S. The second-order valence-electron chi connectivity index (χ2n) is 7.08. The Kier molecular flexibility index (Phi) is 4.43. The van der Waals surface area contributed by atoms with Gasteiger partial charge in [0, 0.05) is 17.6 Å². The number of hydrogen-bond acceptors (Lipinski definition) is 3. The van der Waals surface area contributed by atoms with E-state index in [2.05, 4.69) is 15.8 Å². The van der Waals surface area contributed by atoms with E-state index in [1.165, 1.54) is 12.8 Å². The maximum Gasteiger partial charge on any atom is 0.221 e. The Bertz CT molecular complexity index is 735. The van der Waals surface area contributed by atoms with Crippen molar-refractivity contribution in [3.8, 4) is 5.88 Å². The molecule has 0 saturated heterocycles. The van der Waals surface area contributed by atoms with E-state index < -0.39 is 11.0 Å². The molecule has 2 unspecified atom stereocenters. The molecule has 5 heteroatoms. The Morgan fingerprint density at radius 2 is 1.91 bits per heavy atom. The minimum absolute atomic E-state index is 0.0679. The van der Waals surface area contributed by atoms with E-state index in [1.54, 1.807) is 7.11 Å². The Morgan fingerprint density at radius 3 is 2.48 bits per heavy atom. The van der Waals surface area contributed by atoms with Crippen molar-refractivity contribution in [3.63, 3.8) is 0 Å². The van der Waals surface area contributed by atoms with E-state index in [0.29, 0.717) is 11.8 Å². The van der Waals surface area contributed by atoms with Crippen LogP contribution in [0.25, 0.3) is 10.8 Å². The quantitative estimate of drug-likeness (QED) is 0.907. The van der Waals surface area contributed by atoms with Crippen LogP contribution >= 0.6 is 0 Å². The summed E-state index contributed by atoms with van der Waals surface area (Å²) in [6, 6.07) is 8.19. The standard InChI is InChI=1S/C18H24N2O2S/c1-18(2,3)23(21)20-16(12-9-10-12)15-11-19-17(22-4)14-8-6-5-7-13(14)15/h5-8,11-12,16,20H,9-10H2,1-4H3. The van der Waals surface area contributed by atoms with Crippen molar-refractivity contribution in [2.45, 2.75) is 44.4 Å². The smallest absolute Gasteiger partial charge is 0.221 e. The number of nitrogens with zero attached hydrogens (tertiary/aromatic N) is 1. The molecule has 1 saturated carbocycles. The first kappa shape index (κ1) is 16.4. The molecule has 2 atom stereocenters. The average molecular weight is 332 g/mol. The molecule has 0 amide bonds. The minimum atomic E-state index is -1.11. The van der Waals surface area contributed by atoms with Crippen LogP contribution < -0.4 is 9.46 Å². The molecule has 0 aliphatic heterocycles. The molecule has 0 radical (unpaired) electrons. The number of pyridine rings is 1. The first-order valence-electron chi connectivity index (χ1n) is 8.01. The maximum absolute atomic E-state index is 12.6. The maximum atomic E-state index is 12.6. The Labute approximate surface area is 140 Å². The van der Waals surface area contributed by atoms with Gasteiger partial charge in [-0.25, -0.2) is 13.9 Å². The molecule has 4 nitrogen and oxygen atoms in total. The number of fused-ring (bicyclic) bond motifs is 1. The molecule has 0 spiro atoms. The van der Waals surface area contributed by atoms with Crippen LogP contribution in [0.15, 0.2) is 30.5 Å². The van der Waals surface area contributed by atoms with E-state index in [-0.39, 0.29) is 10.8 Å². The van der Waals surface area contributed by atoms with E-state index in [0.717, 1.165) is 16.3 Å². The number of nitrogens with one attached hydrogen (secondary N) is 1. The van der Waals surface area contributed by atoms with Crippen LogP contribution in [0.3, 0.4) is 0 Å². The zero-order valence-corrected chi connectivity index (χ0v) is 14.9. The van der Waals surface area contributed by atoms with Crippen LogP contribution in [0.1, 0.15) is 45.2 Å². The summed E-state index contributed by atoms with van der Waals surface area (Å²) in [5, 5.41) is 2.12. The topological polar surface area (TPSA) is 51.2 Å². The molecule has 1 fully saturated rings. The summed E-state index contributed by atoms with van der Waals surface area (Å²) in [6.07, 6.45) is 4.20. The second-order valence-corrected chi connectivity index (χ2v) is 9.08. The Morgan fingerprint density at radius 1 is 1.26 bits per heavy atom. The first-order valence-corrected chi connectivity index (χ1v) is 9.16. The lowest BCUT2D eigenvalue weighted by atomic mass is 9.99. The lowest BCUT2D eigenvalue weighted by Gasteiger charge is -2.25. The van der Waals surface area contributed by atoms with Gasteiger partial charge in [-0.1, -0.05) is 18.2 Å². The van der Waals surface area contributed by atoms with Gasteiger partial charge in [-0.15, -0.1) is 0 Å². The van der Waals surface area contributed by atoms with Crippen molar-refractivity contribution < 1.29 is 8.95 Å². The molecule has 0 bridgehead atoms. The van der Waals surface area contributed by atoms with Gasteiger partial charge in [-0.3, -0.25) is 0 Å². The SMILES string of the molecule is COc1ncc(C(NS(=O)C(C)(C)C)C2CC2)c2ccccc12. The van der Waals surface area contributed by atoms with E-state index in [9.17, 15) is 4.21 Å². The fourth-order valence-corrected chi connectivity index (χ4v) is 3.64. The third-order valence-electron chi connectivity index (χ3n) is 4.20. The molecule has 1 aliphatic rings. The summed E-state index contributed by atoms with van der Waals surface area (Å²) in [7, 11) is 0.531. The summed E-state index contributed by atoms with van der Waals surface area (Å²) in [5.74, 6) is 1.16. The normalized spacial score (nSPS) is 17.9. The fraction of sp³-hybridized carbons (Fsp3) is 0.500. The monoisotopic (exact) mass is 332 g/mol. The van der Waals surface area contributed by atoms with Gasteiger partial charge in [0.15, 0.2) is 0 Å². The minimum Gasteiger partial charge on any atom is -0.481 e. The van der Waals surface area contributed by atoms with Crippen LogP contribution in [0, 0.1) is 5.92 Å². The molecule has 1 heterocycles. The highest BCUT2D eigenvalue weighted by atomic mass is 32.2. The number of methoxy groups -OCH3 is 1. The molecule has 2 aromatic rings. The van der Waals surface area contributed by atoms with Gasteiger partial charge in [0.2, 0.25) is 5.88 Å². The molecular weight excluding hydrogens is 308 g/mol. The van der Waals surface area contributed by atoms with Gasteiger partial charge in [0.05, 0.1) is 22.8 Å². The lowest BCUT2D eigenvalue weighted by molar-refractivity contribution is 0.402. The molecule has 124 valence electrons. The molecule has 1 aliphatic carbocycles. The molecule has 23 heavy (non-hydrogen) atoms. The molecule has 1 N–H and O–H groups in total. The van der Waals surface area contributed by atoms with Crippen LogP contribution in [-0.4, -0.2) is 21.0 Å². The third-order valence-corrected chi connectivity index (χ3v) is 5.78. The van der Waals surface area contributed by atoms with Gasteiger partial charge < -0.3 is 4.74 Å². The van der Waals surface area contributed by atoms with E-state index in [1.807, 2.05) is 45.2 Å². The zero-order chi connectivity index (χ0) is 16.6. The van der Waals surface area contributed by atoms with Crippen LogP contribution in [0.5, 0.6) is 5.88 Å². The highest BCUT2D eigenvalue weighted by molar-refractivity contribution is 7.84. The van der Waals surface area contributed by atoms with Crippen molar-refractivity contribution in [1.29, 1.82) is 0 Å². The largest absolute Gasteiger partial charge is 0.481 e. The lowest BCUT2D eigenvalue weighted by Crippen LogP contribution is -2.36. The van der Waals surface area contributed by atoms with Gasteiger partial charge in [0.25, 0.3) is 0 Å². The van der Waals surface area contributed by atoms with Crippen molar-refractivity contribution in [1.82, 2.24) is 9.71 Å². The number of aromatic nitrogens is 1. The van der Waals surface area contributed by atoms with E-state index in [4.69, 9.17) is 4.74 Å². The number of hydrogen-bond donors (Lipinski definition) is 1. The van der Waals surface area contributed by atoms with Crippen molar-refractivity contribution in [2.24, 2.45) is 5.92 Å². The van der Waals surface area contributed by atoms with Crippen molar-refractivity contribution >= 4 is 21.8 Å². The Balaban J connectivity index is 2.04. The van der Waals surface area contributed by atoms with Crippen molar-refractivity contribution in [3.05, 3.63) is 36.0 Å². The zero-order valence-electron chi connectivity index (χ0n) is 14.1. The second kappa shape index (κ2) is 6.21. The molecule has 1 aromatic carbocycles. The highest BCUT2D eigenvalue weighted by Crippen LogP contribution is 2.44. The number of rotatable bonds is 5. The summed E-state index contributed by atoms with van der Waals surface area (Å²) < 4.78 is 21.0. The molecule has 3 rings (SSSR count). The van der Waals surface area contributed by atoms with Gasteiger partial charge in [-0.2, -0.15) is 0 Å². The van der Waals surface area contributed by atoms with Crippen LogP contribution in [-0.2, 0) is 11.0 Å². The average Bonchev–Trinajstić information content (AvgIpc) is 3.35. The first-order chi connectivity index (χ1) is 10.9. The fourth-order valence-electron chi connectivity index (χ4n) is 2.73. The number of benzene rings is 1. The predicted molar refractivity (Wildman–Crippen MR) is 94.8 cm³/mol. The highest BCUT2D eigenvalue weighted by Gasteiger charge is 2.36. The summed E-state index contributed by atoms with van der Waals surface area (Å²) in [5.41, 5.74) is 1.11. The van der Waals surface area contributed by atoms with Crippen LogP contribution in [0.4, 0.5) is 0 Å². The molecule has 1 aromatic heterocycles.